The van der Waals surface area contributed by atoms with E-state index in [9.17, 15) is 9.59 Å². The van der Waals surface area contributed by atoms with Gasteiger partial charge in [-0.05, 0) is 24.8 Å². The Balaban J connectivity index is 1.88. The van der Waals surface area contributed by atoms with Gasteiger partial charge in [0.25, 0.3) is 0 Å². The molecular weight excluding hydrogens is 270 g/mol. The summed E-state index contributed by atoms with van der Waals surface area (Å²) in [6.07, 6.45) is 1.54. The number of ether oxygens (including phenoxy) is 1. The molecule has 1 amide bonds. The first-order valence-corrected chi connectivity index (χ1v) is 6.96. The van der Waals surface area contributed by atoms with E-state index in [4.69, 9.17) is 9.84 Å². The van der Waals surface area contributed by atoms with Crippen molar-refractivity contribution >= 4 is 12.1 Å². The Bertz CT molecular complexity index is 526. The van der Waals surface area contributed by atoms with Crippen molar-refractivity contribution in [1.29, 1.82) is 0 Å². The van der Waals surface area contributed by atoms with E-state index in [0.717, 1.165) is 18.4 Å². The van der Waals surface area contributed by atoms with Gasteiger partial charge in [-0.25, -0.2) is 9.59 Å². The van der Waals surface area contributed by atoms with E-state index < -0.39 is 5.97 Å². The van der Waals surface area contributed by atoms with E-state index in [0.29, 0.717) is 6.54 Å². The third-order valence-electron chi connectivity index (χ3n) is 3.60. The van der Waals surface area contributed by atoms with E-state index in [2.05, 4.69) is 6.58 Å². The number of aliphatic carboxylic acids is 1. The number of carbonyl (C=O) groups is 2. The maximum absolute atomic E-state index is 12.1. The van der Waals surface area contributed by atoms with Crippen LogP contribution in [-0.4, -0.2) is 34.7 Å². The molecule has 0 spiro atoms. The Labute approximate surface area is 123 Å². The van der Waals surface area contributed by atoms with Crippen LogP contribution in [0, 0.1) is 0 Å². The highest BCUT2D eigenvalue weighted by Crippen LogP contribution is 2.24. The molecule has 0 aliphatic carbocycles. The third-order valence-corrected chi connectivity index (χ3v) is 3.60. The maximum Gasteiger partial charge on any atom is 0.410 e. The summed E-state index contributed by atoms with van der Waals surface area (Å²) in [5, 5.41) is 8.89. The summed E-state index contributed by atoms with van der Waals surface area (Å²) >= 11 is 0. The lowest BCUT2D eigenvalue weighted by Gasteiger charge is -2.24. The average Bonchev–Trinajstić information content (AvgIpc) is 2.94. The van der Waals surface area contributed by atoms with Gasteiger partial charge in [-0.15, -0.1) is 0 Å². The first-order valence-electron chi connectivity index (χ1n) is 6.96. The molecule has 1 heterocycles. The van der Waals surface area contributed by atoms with Crippen LogP contribution in [0.15, 0.2) is 42.5 Å². The maximum atomic E-state index is 12.1. The van der Waals surface area contributed by atoms with Gasteiger partial charge in [-0.1, -0.05) is 36.9 Å². The number of amides is 1. The Morgan fingerprint density at radius 3 is 2.71 bits per heavy atom. The lowest BCUT2D eigenvalue weighted by molar-refractivity contribution is -0.132. The number of nitrogens with zero attached hydrogens (tertiary/aromatic N) is 1. The standard InChI is InChI=1S/C16H19NO4/c1-12(15(18)19)10-14-8-5-9-17(14)16(20)21-11-13-6-3-2-4-7-13/h2-4,6-7,14H,1,5,8-11H2,(H,18,19)/t14-/m0/s1. The third kappa shape index (κ3) is 4.08. The molecule has 1 N–H and O–H groups in total. The number of rotatable bonds is 5. The summed E-state index contributed by atoms with van der Waals surface area (Å²) in [5.41, 5.74) is 1.05. The Kier molecular flexibility index (Phi) is 4.98. The highest BCUT2D eigenvalue weighted by molar-refractivity contribution is 5.86. The number of carbonyl (C=O) groups excluding carboxylic acids is 1. The molecule has 112 valence electrons. The fourth-order valence-electron chi connectivity index (χ4n) is 2.46. The van der Waals surface area contributed by atoms with Crippen molar-refractivity contribution in [2.45, 2.75) is 31.9 Å². The first-order chi connectivity index (χ1) is 10.1. The van der Waals surface area contributed by atoms with Crippen LogP contribution < -0.4 is 0 Å². The van der Waals surface area contributed by atoms with Crippen LogP contribution in [0.4, 0.5) is 4.79 Å². The number of hydrogen-bond donors (Lipinski definition) is 1. The van der Waals surface area contributed by atoms with Gasteiger partial charge in [-0.2, -0.15) is 0 Å². The summed E-state index contributed by atoms with van der Waals surface area (Å²) < 4.78 is 5.29. The number of hydrogen-bond acceptors (Lipinski definition) is 3. The zero-order valence-electron chi connectivity index (χ0n) is 11.8. The number of carboxylic acid groups (broad SMARTS) is 1. The predicted molar refractivity (Wildman–Crippen MR) is 77.7 cm³/mol. The molecular formula is C16H19NO4. The van der Waals surface area contributed by atoms with Crippen LogP contribution >= 0.6 is 0 Å². The van der Waals surface area contributed by atoms with E-state index in [1.807, 2.05) is 30.3 Å². The molecule has 0 saturated carbocycles. The molecule has 1 aliphatic rings. The Morgan fingerprint density at radius 1 is 1.33 bits per heavy atom. The molecule has 0 unspecified atom stereocenters. The van der Waals surface area contributed by atoms with Gasteiger partial charge >= 0.3 is 12.1 Å². The van der Waals surface area contributed by atoms with Gasteiger partial charge in [0.15, 0.2) is 0 Å². The lowest BCUT2D eigenvalue weighted by Crippen LogP contribution is -2.36. The molecule has 1 saturated heterocycles. The minimum atomic E-state index is -1.01. The summed E-state index contributed by atoms with van der Waals surface area (Å²) in [7, 11) is 0. The molecule has 0 bridgehead atoms. The van der Waals surface area contributed by atoms with Crippen LogP contribution in [0.25, 0.3) is 0 Å². The number of benzene rings is 1. The monoisotopic (exact) mass is 289 g/mol. The normalized spacial score (nSPS) is 17.5. The van der Waals surface area contributed by atoms with Gasteiger partial charge in [0, 0.05) is 18.2 Å². The van der Waals surface area contributed by atoms with E-state index >= 15 is 0 Å². The molecule has 1 aliphatic heterocycles. The highest BCUT2D eigenvalue weighted by Gasteiger charge is 2.31. The summed E-state index contributed by atoms with van der Waals surface area (Å²) in [5.74, 6) is -1.01. The summed E-state index contributed by atoms with van der Waals surface area (Å²) in [6.45, 7) is 4.35. The number of carboxylic acids is 1. The van der Waals surface area contributed by atoms with Crippen LogP contribution in [-0.2, 0) is 16.1 Å². The van der Waals surface area contributed by atoms with Crippen LogP contribution in [0.3, 0.4) is 0 Å². The van der Waals surface area contributed by atoms with Crippen LogP contribution in [0.5, 0.6) is 0 Å². The van der Waals surface area contributed by atoms with Crippen molar-refractivity contribution in [1.82, 2.24) is 4.90 Å². The number of likely N-dealkylation sites (tertiary alicyclic amines) is 1. The SMILES string of the molecule is C=C(C[C@@H]1CCCN1C(=O)OCc1ccccc1)C(=O)O. The Hall–Kier alpha value is -2.30. The van der Waals surface area contributed by atoms with Crippen molar-refractivity contribution < 1.29 is 19.4 Å². The minimum absolute atomic E-state index is 0.128. The van der Waals surface area contributed by atoms with Crippen molar-refractivity contribution in [3.05, 3.63) is 48.0 Å². The smallest absolute Gasteiger partial charge is 0.410 e. The van der Waals surface area contributed by atoms with Crippen LogP contribution in [0.2, 0.25) is 0 Å². The molecule has 5 heteroatoms. The lowest BCUT2D eigenvalue weighted by atomic mass is 10.1. The molecule has 5 nitrogen and oxygen atoms in total. The van der Waals surface area contributed by atoms with Crippen molar-refractivity contribution in [2.24, 2.45) is 0 Å². The summed E-state index contributed by atoms with van der Waals surface area (Å²) in [6, 6.07) is 9.33. The predicted octanol–water partition coefficient (Wildman–Crippen LogP) is 2.82. The highest BCUT2D eigenvalue weighted by atomic mass is 16.6. The second kappa shape index (κ2) is 6.92. The van der Waals surface area contributed by atoms with Gasteiger partial charge in [0.1, 0.15) is 6.61 Å². The van der Waals surface area contributed by atoms with Crippen molar-refractivity contribution in [3.8, 4) is 0 Å². The molecule has 1 atom stereocenters. The van der Waals surface area contributed by atoms with E-state index in [1.54, 1.807) is 4.90 Å². The molecule has 1 aromatic carbocycles. The van der Waals surface area contributed by atoms with Crippen LogP contribution in [0.1, 0.15) is 24.8 Å². The topological polar surface area (TPSA) is 66.8 Å². The second-order valence-electron chi connectivity index (χ2n) is 5.14. The van der Waals surface area contributed by atoms with Gasteiger partial charge in [0.05, 0.1) is 0 Å². The van der Waals surface area contributed by atoms with Crippen molar-refractivity contribution in [2.75, 3.05) is 6.54 Å². The summed E-state index contributed by atoms with van der Waals surface area (Å²) in [4.78, 5) is 24.6. The molecule has 1 aromatic rings. The Morgan fingerprint density at radius 2 is 2.05 bits per heavy atom. The molecule has 21 heavy (non-hydrogen) atoms. The van der Waals surface area contributed by atoms with E-state index in [-0.39, 0.29) is 30.7 Å². The van der Waals surface area contributed by atoms with Crippen molar-refractivity contribution in [3.63, 3.8) is 0 Å². The van der Waals surface area contributed by atoms with E-state index in [1.165, 1.54) is 0 Å². The first kappa shape index (κ1) is 15.1. The molecule has 0 aromatic heterocycles. The molecule has 1 fully saturated rings. The minimum Gasteiger partial charge on any atom is -0.478 e. The second-order valence-corrected chi connectivity index (χ2v) is 5.14. The zero-order valence-corrected chi connectivity index (χ0v) is 11.8. The fraction of sp³-hybridized carbons (Fsp3) is 0.375. The van der Waals surface area contributed by atoms with Gasteiger partial charge in [0.2, 0.25) is 0 Å². The molecule has 2 rings (SSSR count). The quantitative estimate of drug-likeness (QED) is 0.846. The zero-order chi connectivity index (χ0) is 15.2. The molecule has 0 radical (unpaired) electrons. The fourth-order valence-corrected chi connectivity index (χ4v) is 2.46. The van der Waals surface area contributed by atoms with Gasteiger partial charge < -0.3 is 14.7 Å². The largest absolute Gasteiger partial charge is 0.478 e. The average molecular weight is 289 g/mol. The van der Waals surface area contributed by atoms with Gasteiger partial charge in [-0.3, -0.25) is 0 Å².